The van der Waals surface area contributed by atoms with Gasteiger partial charge in [-0.2, -0.15) is 0 Å². The van der Waals surface area contributed by atoms with Crippen LogP contribution in [0, 0.1) is 23.6 Å². The Morgan fingerprint density at radius 3 is 2.94 bits per heavy atom. The molecule has 164 valence electrons. The van der Waals surface area contributed by atoms with E-state index in [1.165, 1.54) is 6.20 Å². The van der Waals surface area contributed by atoms with Gasteiger partial charge < -0.3 is 24.6 Å². The van der Waals surface area contributed by atoms with Crippen molar-refractivity contribution in [3.8, 4) is 11.5 Å². The first-order chi connectivity index (χ1) is 14.9. The number of ether oxygens (including phenoxy) is 2. The fraction of sp³-hybridized carbons (Fsp3) is 0.429. The van der Waals surface area contributed by atoms with E-state index in [4.69, 9.17) is 9.84 Å². The van der Waals surface area contributed by atoms with Crippen LogP contribution in [-0.2, 0) is 0 Å². The lowest BCUT2D eigenvalue weighted by molar-refractivity contribution is 0.143. The Kier molecular flexibility index (Phi) is 4.54. The first-order valence-corrected chi connectivity index (χ1v) is 10.1. The summed E-state index contributed by atoms with van der Waals surface area (Å²) in [6, 6.07) is 1.12. The number of anilines is 1. The van der Waals surface area contributed by atoms with E-state index in [0.29, 0.717) is 24.5 Å². The minimum atomic E-state index is -1.62. The van der Waals surface area contributed by atoms with Crippen LogP contribution < -0.4 is 24.8 Å². The van der Waals surface area contributed by atoms with Gasteiger partial charge in [-0.15, -0.1) is 0 Å². The van der Waals surface area contributed by atoms with Crippen LogP contribution in [0.2, 0.25) is 0 Å². The molecule has 3 unspecified atom stereocenters. The standard InChI is InChI=1S/C21H22FN3O6/c1-23-10-30-20-17-13(19(27)16(8-25(17)23)31-21(28)29)5-15(22)18(20)24-6-11-3-2-4-12(9-26)14(11)7-24/h2,4-5,8,11-12,14,26H,3,6-7,9-10H2,1H3,(H,28,29). The highest BCUT2D eigenvalue weighted by molar-refractivity contribution is 5.93. The number of allylic oxidation sites excluding steroid dienone is 1. The minimum absolute atomic E-state index is 0.0203. The molecule has 0 amide bonds. The van der Waals surface area contributed by atoms with Crippen molar-refractivity contribution in [2.75, 3.05) is 43.4 Å². The van der Waals surface area contributed by atoms with Crippen LogP contribution in [0.3, 0.4) is 0 Å². The molecule has 10 heteroatoms. The number of fused-ring (bicyclic) bond motifs is 1. The molecule has 5 rings (SSSR count). The fourth-order valence-corrected chi connectivity index (χ4v) is 5.04. The maximum absolute atomic E-state index is 15.4. The summed E-state index contributed by atoms with van der Waals surface area (Å²) in [6.07, 6.45) is 4.62. The summed E-state index contributed by atoms with van der Waals surface area (Å²) in [4.78, 5) is 25.7. The summed E-state index contributed by atoms with van der Waals surface area (Å²) in [5.41, 5.74) is -0.0785. The summed E-state index contributed by atoms with van der Waals surface area (Å²) >= 11 is 0. The summed E-state index contributed by atoms with van der Waals surface area (Å²) in [5.74, 6) is -0.239. The number of aromatic nitrogens is 1. The monoisotopic (exact) mass is 431 g/mol. The Morgan fingerprint density at radius 1 is 1.39 bits per heavy atom. The summed E-state index contributed by atoms with van der Waals surface area (Å²) in [5, 5.41) is 20.3. The van der Waals surface area contributed by atoms with E-state index in [1.54, 1.807) is 16.7 Å². The van der Waals surface area contributed by atoms with Gasteiger partial charge >= 0.3 is 6.16 Å². The van der Waals surface area contributed by atoms with Crippen molar-refractivity contribution in [2.45, 2.75) is 6.42 Å². The fourth-order valence-electron chi connectivity index (χ4n) is 5.04. The van der Waals surface area contributed by atoms with Crippen molar-refractivity contribution in [3.05, 3.63) is 40.5 Å². The second-order valence-electron chi connectivity index (χ2n) is 8.24. The molecule has 1 saturated heterocycles. The van der Waals surface area contributed by atoms with Gasteiger partial charge in [0.1, 0.15) is 11.2 Å². The SMILES string of the molecule is CN1COc2c(N3CC4CC=CC(CO)C4C3)c(F)cc3c(=O)c(OC(=O)O)cn1c23. The third-order valence-electron chi connectivity index (χ3n) is 6.47. The average Bonchev–Trinajstić information content (AvgIpc) is 3.16. The van der Waals surface area contributed by atoms with Crippen molar-refractivity contribution < 1.29 is 28.9 Å². The van der Waals surface area contributed by atoms with Gasteiger partial charge in [0.2, 0.25) is 11.2 Å². The van der Waals surface area contributed by atoms with Gasteiger partial charge in [0.05, 0.1) is 11.6 Å². The number of halogens is 1. The summed E-state index contributed by atoms with van der Waals surface area (Å²) in [7, 11) is 1.70. The molecular weight excluding hydrogens is 409 g/mol. The molecule has 1 fully saturated rings. The molecule has 1 aromatic heterocycles. The first-order valence-electron chi connectivity index (χ1n) is 10.1. The largest absolute Gasteiger partial charge is 0.511 e. The van der Waals surface area contributed by atoms with E-state index in [2.05, 4.69) is 10.8 Å². The molecule has 3 aliphatic rings. The summed E-state index contributed by atoms with van der Waals surface area (Å²) < 4.78 is 27.4. The summed E-state index contributed by atoms with van der Waals surface area (Å²) in [6.45, 7) is 1.31. The Balaban J connectivity index is 1.66. The maximum atomic E-state index is 15.4. The maximum Gasteiger partial charge on any atom is 0.511 e. The topological polar surface area (TPSA) is 104 Å². The Labute approximate surface area is 176 Å². The highest BCUT2D eigenvalue weighted by Crippen LogP contribution is 2.45. The molecule has 1 aliphatic carbocycles. The molecule has 0 bridgehead atoms. The lowest BCUT2D eigenvalue weighted by atomic mass is 9.78. The number of pyridine rings is 1. The molecule has 3 atom stereocenters. The number of aliphatic hydroxyl groups excluding tert-OH is 1. The van der Waals surface area contributed by atoms with Crippen LogP contribution in [0.15, 0.2) is 29.2 Å². The number of aliphatic hydroxyl groups is 1. The van der Waals surface area contributed by atoms with Gasteiger partial charge in [-0.3, -0.25) is 14.5 Å². The molecule has 0 spiro atoms. The molecule has 2 aromatic rings. The molecule has 0 radical (unpaired) electrons. The lowest BCUT2D eigenvalue weighted by Gasteiger charge is -2.33. The number of hydrogen-bond acceptors (Lipinski definition) is 7. The van der Waals surface area contributed by atoms with Gasteiger partial charge in [0, 0.05) is 32.7 Å². The van der Waals surface area contributed by atoms with Gasteiger partial charge in [-0.25, -0.2) is 9.18 Å². The van der Waals surface area contributed by atoms with E-state index in [-0.39, 0.29) is 42.0 Å². The predicted octanol–water partition coefficient (Wildman–Crippen LogP) is 1.74. The van der Waals surface area contributed by atoms with E-state index in [1.807, 2.05) is 11.0 Å². The molecule has 2 N–H and O–H groups in total. The second kappa shape index (κ2) is 7.16. The van der Waals surface area contributed by atoms with Crippen molar-refractivity contribution in [2.24, 2.45) is 17.8 Å². The normalized spacial score (nSPS) is 24.3. The molecule has 9 nitrogen and oxygen atoms in total. The van der Waals surface area contributed by atoms with Crippen LogP contribution in [0.1, 0.15) is 6.42 Å². The number of benzene rings is 1. The van der Waals surface area contributed by atoms with Crippen LogP contribution in [0.4, 0.5) is 14.9 Å². The first kappa shape index (κ1) is 19.7. The Bertz CT molecular complexity index is 1160. The van der Waals surface area contributed by atoms with Gasteiger partial charge in [0.25, 0.3) is 0 Å². The Hall–Kier alpha value is -3.27. The molecule has 2 aliphatic heterocycles. The number of rotatable bonds is 3. The predicted molar refractivity (Wildman–Crippen MR) is 110 cm³/mol. The molecule has 31 heavy (non-hydrogen) atoms. The Morgan fingerprint density at radius 2 is 2.19 bits per heavy atom. The smallest absolute Gasteiger partial charge is 0.467 e. The van der Waals surface area contributed by atoms with E-state index >= 15 is 4.39 Å². The van der Waals surface area contributed by atoms with Crippen molar-refractivity contribution in [1.82, 2.24) is 4.68 Å². The number of carboxylic acid groups (broad SMARTS) is 1. The van der Waals surface area contributed by atoms with E-state index < -0.39 is 23.2 Å². The second-order valence-corrected chi connectivity index (χ2v) is 8.24. The highest BCUT2D eigenvalue weighted by Gasteiger charge is 2.40. The van der Waals surface area contributed by atoms with E-state index in [9.17, 15) is 14.7 Å². The average molecular weight is 431 g/mol. The third kappa shape index (κ3) is 3.01. The van der Waals surface area contributed by atoms with Gasteiger partial charge in [0.15, 0.2) is 18.3 Å². The lowest BCUT2D eigenvalue weighted by Crippen LogP contribution is -2.39. The van der Waals surface area contributed by atoms with Crippen LogP contribution in [0.25, 0.3) is 10.9 Å². The van der Waals surface area contributed by atoms with Crippen LogP contribution >= 0.6 is 0 Å². The number of hydrogen-bond donors (Lipinski definition) is 2. The van der Waals surface area contributed by atoms with Crippen LogP contribution in [0.5, 0.6) is 11.5 Å². The molecular formula is C21H22FN3O6. The van der Waals surface area contributed by atoms with Gasteiger partial charge in [-0.1, -0.05) is 12.2 Å². The number of nitrogens with zero attached hydrogens (tertiary/aromatic N) is 3. The molecule has 0 saturated carbocycles. The van der Waals surface area contributed by atoms with E-state index in [0.717, 1.165) is 12.5 Å². The van der Waals surface area contributed by atoms with Crippen LogP contribution in [-0.4, -0.2) is 54.5 Å². The minimum Gasteiger partial charge on any atom is -0.467 e. The number of carbonyl (C=O) groups is 1. The molecule has 1 aromatic carbocycles. The van der Waals surface area contributed by atoms with Crippen molar-refractivity contribution in [3.63, 3.8) is 0 Å². The quantitative estimate of drug-likeness (QED) is 0.560. The highest BCUT2D eigenvalue weighted by atomic mass is 19.1. The van der Waals surface area contributed by atoms with Crippen molar-refractivity contribution in [1.29, 1.82) is 0 Å². The third-order valence-corrected chi connectivity index (χ3v) is 6.47. The zero-order valence-corrected chi connectivity index (χ0v) is 16.8. The zero-order chi connectivity index (χ0) is 21.9. The zero-order valence-electron chi connectivity index (χ0n) is 16.8. The van der Waals surface area contributed by atoms with Crippen molar-refractivity contribution >= 4 is 22.7 Å². The van der Waals surface area contributed by atoms with Gasteiger partial charge in [-0.05, 0) is 24.3 Å². The molecule has 3 heterocycles.